The van der Waals surface area contributed by atoms with Crippen molar-refractivity contribution < 1.29 is 9.47 Å². The molecule has 0 aliphatic carbocycles. The molecule has 2 N–H and O–H groups in total. The van der Waals surface area contributed by atoms with Crippen molar-refractivity contribution in [3.63, 3.8) is 0 Å². The number of ether oxygens (including phenoxy) is 2. The molecule has 2 aliphatic heterocycles. The number of benzene rings is 1. The maximum Gasteiger partial charge on any atom is 0.0816 e. The third-order valence-corrected chi connectivity index (χ3v) is 9.33. The highest BCUT2D eigenvalue weighted by molar-refractivity contribution is 5.84. The first-order valence-corrected chi connectivity index (χ1v) is 16.8. The van der Waals surface area contributed by atoms with Gasteiger partial charge in [-0.15, -0.1) is 0 Å². The van der Waals surface area contributed by atoms with Crippen LogP contribution < -0.4 is 0 Å². The molecule has 0 unspecified atom stereocenters. The van der Waals surface area contributed by atoms with Crippen LogP contribution in [0.25, 0.3) is 57.5 Å². The summed E-state index contributed by atoms with van der Waals surface area (Å²) in [5, 5.41) is 0. The van der Waals surface area contributed by atoms with Gasteiger partial charge in [0.05, 0.1) is 39.5 Å². The van der Waals surface area contributed by atoms with Crippen molar-refractivity contribution in [1.29, 1.82) is 0 Å². The Kier molecular flexibility index (Phi) is 8.83. The van der Waals surface area contributed by atoms with Crippen LogP contribution in [0.5, 0.6) is 0 Å². The summed E-state index contributed by atoms with van der Waals surface area (Å²) in [6.07, 6.45) is 13.2. The van der Waals surface area contributed by atoms with E-state index in [1.54, 1.807) is 26.6 Å². The molecule has 0 saturated carbocycles. The van der Waals surface area contributed by atoms with Gasteiger partial charge in [-0.05, 0) is 118 Å². The highest BCUT2D eigenvalue weighted by atomic mass is 16.5. The lowest BCUT2D eigenvalue weighted by atomic mass is 9.97. The molecule has 7 rings (SSSR count). The minimum absolute atomic E-state index is 0.405. The molecule has 1 aromatic carbocycles. The van der Waals surface area contributed by atoms with Crippen molar-refractivity contribution in [2.75, 3.05) is 14.2 Å². The van der Waals surface area contributed by atoms with Gasteiger partial charge in [-0.2, -0.15) is 0 Å². The van der Waals surface area contributed by atoms with Gasteiger partial charge in [0.25, 0.3) is 0 Å². The molecule has 0 fully saturated rings. The van der Waals surface area contributed by atoms with Gasteiger partial charge in [0.15, 0.2) is 0 Å². The molecule has 5 aromatic rings. The van der Waals surface area contributed by atoms with Crippen molar-refractivity contribution in [3.8, 4) is 23.0 Å². The van der Waals surface area contributed by atoms with Crippen LogP contribution in [-0.4, -0.2) is 50.3 Å². The van der Waals surface area contributed by atoms with Crippen molar-refractivity contribution in [3.05, 3.63) is 124 Å². The summed E-state index contributed by atoms with van der Waals surface area (Å²) in [7, 11) is 3.50. The SMILES string of the molecule is COC(C)(C)Cc1c2nc(c(C#Cc3ccc(-c4ccncc4)cc3)c3nc(c(CC(C)(C)OC)c4ccc(cc5ccc1[nH]5)[nH]4)C=C3)C=C2. The Morgan fingerprint density at radius 3 is 1.56 bits per heavy atom. The molecule has 0 amide bonds. The molecule has 250 valence electrons. The number of nitrogens with zero attached hydrogens (tertiary/aromatic N) is 3. The fourth-order valence-corrected chi connectivity index (χ4v) is 6.18. The van der Waals surface area contributed by atoms with Gasteiger partial charge in [-0.25, -0.2) is 9.97 Å². The number of methoxy groups -OCH3 is 2. The van der Waals surface area contributed by atoms with Crippen LogP contribution in [0, 0.1) is 11.8 Å². The van der Waals surface area contributed by atoms with Crippen molar-refractivity contribution in [2.24, 2.45) is 0 Å². The molecule has 0 radical (unpaired) electrons. The molecule has 2 aliphatic rings. The third-order valence-electron chi connectivity index (χ3n) is 9.33. The van der Waals surface area contributed by atoms with Crippen LogP contribution in [0.3, 0.4) is 0 Å². The number of H-pyrrole nitrogens is 2. The largest absolute Gasteiger partial charge is 0.378 e. The van der Waals surface area contributed by atoms with E-state index in [2.05, 4.69) is 109 Å². The second kappa shape index (κ2) is 13.4. The van der Waals surface area contributed by atoms with Gasteiger partial charge in [-0.3, -0.25) is 4.98 Å². The van der Waals surface area contributed by atoms with E-state index in [-0.39, 0.29) is 0 Å². The van der Waals surface area contributed by atoms with E-state index in [4.69, 9.17) is 19.4 Å². The maximum absolute atomic E-state index is 5.89. The molecule has 50 heavy (non-hydrogen) atoms. The standard InChI is InChI=1S/C43H41N5O2/c1-42(2,49-5)26-34-38-15-12-31(45-38)25-32-13-16-39(46-32)35(27-43(3,4)50-6)41-20-18-37(48-41)33(36-17-19-40(34)47-36)14-9-28-7-10-29(11-8-28)30-21-23-44-24-22-30/h7-8,10-13,15-25,45-46H,26-27H2,1-6H3. The van der Waals surface area contributed by atoms with Crippen LogP contribution in [0.4, 0.5) is 0 Å². The summed E-state index contributed by atoms with van der Waals surface area (Å²) in [5.74, 6) is 6.89. The van der Waals surface area contributed by atoms with E-state index in [0.29, 0.717) is 12.8 Å². The van der Waals surface area contributed by atoms with Crippen LogP contribution in [0.2, 0.25) is 0 Å². The zero-order chi connectivity index (χ0) is 34.9. The van der Waals surface area contributed by atoms with Crippen LogP contribution in [0.1, 0.15) is 72.7 Å². The second-order valence-corrected chi connectivity index (χ2v) is 13.9. The zero-order valence-corrected chi connectivity index (χ0v) is 29.4. The van der Waals surface area contributed by atoms with E-state index in [1.165, 1.54) is 0 Å². The summed E-state index contributed by atoms with van der Waals surface area (Å²) in [4.78, 5) is 21.8. The first-order chi connectivity index (χ1) is 24.1. The van der Waals surface area contributed by atoms with E-state index in [1.807, 2.05) is 36.4 Å². The number of nitrogens with one attached hydrogen (secondary N) is 2. The summed E-state index contributed by atoms with van der Waals surface area (Å²) < 4.78 is 11.8. The molecule has 0 saturated heterocycles. The molecule has 4 aromatic heterocycles. The quantitative estimate of drug-likeness (QED) is 0.167. The number of aromatic amines is 2. The number of aromatic nitrogens is 5. The van der Waals surface area contributed by atoms with Crippen LogP contribution >= 0.6 is 0 Å². The molecule has 7 nitrogen and oxygen atoms in total. The number of pyridine rings is 1. The summed E-state index contributed by atoms with van der Waals surface area (Å²) in [5.41, 5.74) is 12.4. The fourth-order valence-electron chi connectivity index (χ4n) is 6.18. The van der Waals surface area contributed by atoms with E-state index in [0.717, 1.165) is 78.2 Å². The molecular formula is C43H41N5O2. The summed E-state index contributed by atoms with van der Waals surface area (Å²) in [6, 6.07) is 22.8. The van der Waals surface area contributed by atoms with Gasteiger partial charge >= 0.3 is 0 Å². The predicted octanol–water partition coefficient (Wildman–Crippen LogP) is 9.05. The first-order valence-electron chi connectivity index (χ1n) is 16.8. The van der Waals surface area contributed by atoms with E-state index in [9.17, 15) is 0 Å². The Bertz CT molecular complexity index is 2230. The monoisotopic (exact) mass is 659 g/mol. The number of fused-ring (bicyclic) bond motifs is 8. The van der Waals surface area contributed by atoms with Crippen molar-refractivity contribution in [1.82, 2.24) is 24.9 Å². The highest BCUT2D eigenvalue weighted by Gasteiger charge is 2.24. The summed E-state index contributed by atoms with van der Waals surface area (Å²) in [6.45, 7) is 8.38. The van der Waals surface area contributed by atoms with Crippen LogP contribution in [-0.2, 0) is 22.3 Å². The second-order valence-electron chi connectivity index (χ2n) is 13.9. The Morgan fingerprint density at radius 2 is 1.06 bits per heavy atom. The molecule has 0 atom stereocenters. The van der Waals surface area contributed by atoms with Gasteiger partial charge in [0.2, 0.25) is 0 Å². The lowest BCUT2D eigenvalue weighted by Gasteiger charge is -2.23. The number of hydrogen-bond acceptors (Lipinski definition) is 5. The van der Waals surface area contributed by atoms with Crippen LogP contribution in [0.15, 0.2) is 79.1 Å². The van der Waals surface area contributed by atoms with Gasteiger partial charge < -0.3 is 19.4 Å². The Balaban J connectivity index is 1.48. The Morgan fingerprint density at radius 1 is 0.580 bits per heavy atom. The van der Waals surface area contributed by atoms with Gasteiger partial charge in [0, 0.05) is 78.2 Å². The minimum Gasteiger partial charge on any atom is -0.378 e. The molecule has 8 bridgehead atoms. The highest BCUT2D eigenvalue weighted by Crippen LogP contribution is 2.30. The first kappa shape index (κ1) is 33.0. The lowest BCUT2D eigenvalue weighted by molar-refractivity contribution is 0.0230. The van der Waals surface area contributed by atoms with Crippen molar-refractivity contribution >= 4 is 46.4 Å². The fraction of sp³-hybridized carbons (Fsp3) is 0.233. The topological polar surface area (TPSA) is 88.7 Å². The normalized spacial score (nSPS) is 12.6. The van der Waals surface area contributed by atoms with Gasteiger partial charge in [0.1, 0.15) is 0 Å². The number of hydrogen-bond donors (Lipinski definition) is 2. The van der Waals surface area contributed by atoms with Crippen molar-refractivity contribution in [2.45, 2.75) is 51.7 Å². The third kappa shape index (κ3) is 7.09. The zero-order valence-electron chi connectivity index (χ0n) is 29.4. The van der Waals surface area contributed by atoms with E-state index >= 15 is 0 Å². The smallest absolute Gasteiger partial charge is 0.0816 e. The predicted molar refractivity (Wildman–Crippen MR) is 204 cm³/mol. The summed E-state index contributed by atoms with van der Waals surface area (Å²) >= 11 is 0. The van der Waals surface area contributed by atoms with E-state index < -0.39 is 11.2 Å². The average molecular weight is 660 g/mol. The average Bonchev–Trinajstić information content (AvgIpc) is 3.96. The molecule has 0 spiro atoms. The molecular weight excluding hydrogens is 619 g/mol. The minimum atomic E-state index is -0.405. The Labute approximate surface area is 293 Å². The Hall–Kier alpha value is -5.55. The lowest BCUT2D eigenvalue weighted by Crippen LogP contribution is -2.26. The molecule has 7 heteroatoms. The number of rotatable bonds is 7. The molecule has 6 heterocycles. The maximum atomic E-state index is 5.89. The van der Waals surface area contributed by atoms with Gasteiger partial charge in [-0.1, -0.05) is 24.0 Å².